The highest BCUT2D eigenvalue weighted by atomic mass is 16.3. The summed E-state index contributed by atoms with van der Waals surface area (Å²) in [5.41, 5.74) is 0. The molecule has 18 heavy (non-hydrogen) atoms. The average Bonchev–Trinajstić information content (AvgIpc) is 2.36. The molecule has 5 heteroatoms. The van der Waals surface area contributed by atoms with Gasteiger partial charge in [0.2, 0.25) is 11.8 Å². The van der Waals surface area contributed by atoms with Crippen molar-refractivity contribution in [2.75, 3.05) is 13.2 Å². The van der Waals surface area contributed by atoms with E-state index in [4.69, 9.17) is 5.11 Å². The Morgan fingerprint density at radius 2 is 2.00 bits per heavy atom. The smallest absolute Gasteiger partial charge is 0.242 e. The predicted molar refractivity (Wildman–Crippen MR) is 69.0 cm³/mol. The van der Waals surface area contributed by atoms with Gasteiger partial charge >= 0.3 is 0 Å². The molecular weight excluding hydrogens is 232 g/mol. The van der Waals surface area contributed by atoms with Crippen LogP contribution in [-0.4, -0.2) is 36.1 Å². The Morgan fingerprint density at radius 1 is 1.28 bits per heavy atom. The van der Waals surface area contributed by atoms with Crippen LogP contribution < -0.4 is 10.6 Å². The minimum absolute atomic E-state index is 0.0285. The topological polar surface area (TPSA) is 78.4 Å². The number of aliphatic hydroxyl groups is 1. The molecule has 0 saturated carbocycles. The zero-order valence-electron chi connectivity index (χ0n) is 10.9. The minimum atomic E-state index is -0.333. The molecule has 0 spiro atoms. The molecule has 2 amide bonds. The molecule has 0 radical (unpaired) electrons. The molecule has 0 aliphatic carbocycles. The van der Waals surface area contributed by atoms with Crippen molar-refractivity contribution in [3.63, 3.8) is 0 Å². The van der Waals surface area contributed by atoms with Crippen molar-refractivity contribution < 1.29 is 14.7 Å². The van der Waals surface area contributed by atoms with Gasteiger partial charge < -0.3 is 15.7 Å². The Labute approximate surface area is 108 Å². The van der Waals surface area contributed by atoms with Crippen LogP contribution in [0.3, 0.4) is 0 Å². The van der Waals surface area contributed by atoms with Gasteiger partial charge in [-0.25, -0.2) is 0 Å². The third kappa shape index (κ3) is 6.00. The van der Waals surface area contributed by atoms with Crippen LogP contribution in [0.5, 0.6) is 0 Å². The van der Waals surface area contributed by atoms with E-state index in [-0.39, 0.29) is 24.5 Å². The van der Waals surface area contributed by atoms with Crippen molar-refractivity contribution >= 4 is 11.8 Å². The summed E-state index contributed by atoms with van der Waals surface area (Å²) >= 11 is 0. The van der Waals surface area contributed by atoms with Crippen molar-refractivity contribution in [1.82, 2.24) is 10.6 Å². The van der Waals surface area contributed by atoms with Crippen LogP contribution in [0, 0.1) is 0 Å². The molecule has 0 bridgehead atoms. The summed E-state index contributed by atoms with van der Waals surface area (Å²) in [6.07, 6.45) is 6.93. The molecule has 0 unspecified atom stereocenters. The number of carbonyl (C=O) groups is 2. The lowest BCUT2D eigenvalue weighted by Crippen LogP contribution is -2.50. The summed E-state index contributed by atoms with van der Waals surface area (Å²) in [6, 6.07) is -0.333. The number of nitrogens with one attached hydrogen (secondary N) is 2. The molecule has 1 aliphatic rings. The van der Waals surface area contributed by atoms with Gasteiger partial charge in [0.15, 0.2) is 0 Å². The maximum absolute atomic E-state index is 11.6. The van der Waals surface area contributed by atoms with Gasteiger partial charge in [-0.05, 0) is 25.7 Å². The second kappa shape index (κ2) is 8.91. The van der Waals surface area contributed by atoms with Gasteiger partial charge in [-0.2, -0.15) is 0 Å². The van der Waals surface area contributed by atoms with Gasteiger partial charge in [0, 0.05) is 19.6 Å². The van der Waals surface area contributed by atoms with E-state index in [0.717, 1.165) is 51.5 Å². The average molecular weight is 256 g/mol. The Bertz CT molecular complexity index is 269. The number of amides is 2. The maximum atomic E-state index is 11.6. The fourth-order valence-corrected chi connectivity index (χ4v) is 2.10. The summed E-state index contributed by atoms with van der Waals surface area (Å²) in [7, 11) is 0. The van der Waals surface area contributed by atoms with Crippen LogP contribution in [0.15, 0.2) is 0 Å². The van der Waals surface area contributed by atoms with Gasteiger partial charge in [0.05, 0.1) is 0 Å². The van der Waals surface area contributed by atoms with Gasteiger partial charge in [0.1, 0.15) is 6.04 Å². The lowest BCUT2D eigenvalue weighted by atomic mass is 10.1. The molecular formula is C13H24N2O3. The Hall–Kier alpha value is -1.10. The zero-order valence-corrected chi connectivity index (χ0v) is 10.9. The lowest BCUT2D eigenvalue weighted by Gasteiger charge is -2.22. The van der Waals surface area contributed by atoms with Crippen LogP contribution in [0.4, 0.5) is 0 Å². The molecule has 1 atom stereocenters. The summed E-state index contributed by atoms with van der Waals surface area (Å²) in [4.78, 5) is 23.0. The van der Waals surface area contributed by atoms with Crippen molar-refractivity contribution in [3.05, 3.63) is 0 Å². The fraction of sp³-hybridized carbons (Fsp3) is 0.846. The zero-order chi connectivity index (χ0) is 13.2. The highest BCUT2D eigenvalue weighted by Gasteiger charge is 2.22. The summed E-state index contributed by atoms with van der Waals surface area (Å²) in [6.45, 7) is 0.966. The first-order chi connectivity index (χ1) is 8.74. The molecule has 1 fully saturated rings. The molecule has 1 rings (SSSR count). The van der Waals surface area contributed by atoms with Crippen molar-refractivity contribution in [1.29, 1.82) is 0 Å². The van der Waals surface area contributed by atoms with E-state index >= 15 is 0 Å². The fourth-order valence-electron chi connectivity index (χ4n) is 2.10. The maximum Gasteiger partial charge on any atom is 0.242 e. The van der Waals surface area contributed by atoms with Crippen LogP contribution >= 0.6 is 0 Å². The number of piperidine rings is 1. The Morgan fingerprint density at radius 3 is 2.72 bits per heavy atom. The monoisotopic (exact) mass is 256 g/mol. The second-order valence-corrected chi connectivity index (χ2v) is 4.79. The highest BCUT2D eigenvalue weighted by molar-refractivity contribution is 5.87. The SMILES string of the molecule is O=C(CCCCCCCO)N[C@H]1CCCNC1=O. The van der Waals surface area contributed by atoms with E-state index in [2.05, 4.69) is 10.6 Å². The highest BCUT2D eigenvalue weighted by Crippen LogP contribution is 2.07. The molecule has 104 valence electrons. The molecule has 1 heterocycles. The van der Waals surface area contributed by atoms with Gasteiger partial charge in [-0.1, -0.05) is 19.3 Å². The molecule has 1 aliphatic heterocycles. The largest absolute Gasteiger partial charge is 0.396 e. The van der Waals surface area contributed by atoms with Crippen LogP contribution in [0.2, 0.25) is 0 Å². The predicted octanol–water partition coefficient (Wildman–Crippen LogP) is 0.714. The second-order valence-electron chi connectivity index (χ2n) is 4.79. The molecule has 0 aromatic rings. The van der Waals surface area contributed by atoms with E-state index in [1.807, 2.05) is 0 Å². The first-order valence-electron chi connectivity index (χ1n) is 6.92. The van der Waals surface area contributed by atoms with E-state index in [1.165, 1.54) is 0 Å². The summed E-state index contributed by atoms with van der Waals surface area (Å²) in [5.74, 6) is -0.0863. The number of rotatable bonds is 8. The lowest BCUT2D eigenvalue weighted by molar-refractivity contribution is -0.130. The first kappa shape index (κ1) is 15.0. The number of unbranched alkanes of at least 4 members (excludes halogenated alkanes) is 4. The van der Waals surface area contributed by atoms with E-state index < -0.39 is 0 Å². The normalized spacial score (nSPS) is 19.4. The number of hydrogen-bond donors (Lipinski definition) is 3. The van der Waals surface area contributed by atoms with Crippen LogP contribution in [0.25, 0.3) is 0 Å². The molecule has 3 N–H and O–H groups in total. The minimum Gasteiger partial charge on any atom is -0.396 e. The standard InChI is InChI=1S/C13H24N2O3/c16-10-5-3-1-2-4-8-12(17)15-11-7-6-9-14-13(11)18/h11,16H,1-10H2,(H,14,18)(H,15,17)/t11-/m0/s1. The number of aliphatic hydroxyl groups excluding tert-OH is 1. The van der Waals surface area contributed by atoms with Gasteiger partial charge in [-0.15, -0.1) is 0 Å². The van der Waals surface area contributed by atoms with E-state index in [9.17, 15) is 9.59 Å². The van der Waals surface area contributed by atoms with E-state index in [1.54, 1.807) is 0 Å². The molecule has 0 aromatic carbocycles. The van der Waals surface area contributed by atoms with Crippen LogP contribution in [-0.2, 0) is 9.59 Å². The first-order valence-corrected chi connectivity index (χ1v) is 6.92. The number of hydrogen-bond acceptors (Lipinski definition) is 3. The summed E-state index contributed by atoms with van der Waals surface area (Å²) in [5, 5.41) is 14.1. The number of carbonyl (C=O) groups excluding carboxylic acids is 2. The Kier molecular flexibility index (Phi) is 7.41. The van der Waals surface area contributed by atoms with Crippen molar-refractivity contribution in [2.45, 2.75) is 57.4 Å². The van der Waals surface area contributed by atoms with Crippen molar-refractivity contribution in [3.8, 4) is 0 Å². The Balaban J connectivity index is 2.04. The summed E-state index contributed by atoms with van der Waals surface area (Å²) < 4.78 is 0. The third-order valence-electron chi connectivity index (χ3n) is 3.18. The third-order valence-corrected chi connectivity index (χ3v) is 3.18. The van der Waals surface area contributed by atoms with Gasteiger partial charge in [0.25, 0.3) is 0 Å². The molecule has 5 nitrogen and oxygen atoms in total. The van der Waals surface area contributed by atoms with Gasteiger partial charge in [-0.3, -0.25) is 9.59 Å². The molecule has 0 aromatic heterocycles. The van der Waals surface area contributed by atoms with E-state index in [0.29, 0.717) is 6.42 Å². The quantitative estimate of drug-likeness (QED) is 0.560. The molecule has 1 saturated heterocycles. The van der Waals surface area contributed by atoms with Crippen LogP contribution in [0.1, 0.15) is 51.4 Å². The van der Waals surface area contributed by atoms with Crippen molar-refractivity contribution in [2.24, 2.45) is 0 Å².